The number of rotatable bonds is 7. The zero-order chi connectivity index (χ0) is 24.9. The third-order valence-corrected chi connectivity index (χ3v) is 7.01. The molecule has 36 heavy (non-hydrogen) atoms. The van der Waals surface area contributed by atoms with Crippen LogP contribution in [0.25, 0.3) is 22.3 Å². The van der Waals surface area contributed by atoms with Crippen LogP contribution in [0.3, 0.4) is 0 Å². The van der Waals surface area contributed by atoms with Gasteiger partial charge in [0.25, 0.3) is 0 Å². The molecule has 188 valence electrons. The van der Waals surface area contributed by atoms with Gasteiger partial charge in [0.1, 0.15) is 19.0 Å². The number of aromatic nitrogens is 3. The van der Waals surface area contributed by atoms with Gasteiger partial charge in [-0.15, -0.1) is 0 Å². The fourth-order valence-electron chi connectivity index (χ4n) is 4.95. The Morgan fingerprint density at radius 1 is 1.14 bits per heavy atom. The van der Waals surface area contributed by atoms with Crippen molar-refractivity contribution in [3.63, 3.8) is 0 Å². The Morgan fingerprint density at radius 2 is 1.92 bits per heavy atom. The van der Waals surface area contributed by atoms with Crippen LogP contribution in [0.15, 0.2) is 42.7 Å². The molecule has 3 aromatic rings. The van der Waals surface area contributed by atoms with Crippen molar-refractivity contribution in [2.45, 2.75) is 31.8 Å². The largest absolute Gasteiger partial charge is 0.473 e. The first-order valence-electron chi connectivity index (χ1n) is 12.5. The third-order valence-electron chi connectivity index (χ3n) is 7.01. The molecule has 4 heterocycles. The van der Waals surface area contributed by atoms with E-state index in [9.17, 15) is 9.59 Å². The van der Waals surface area contributed by atoms with E-state index in [1.54, 1.807) is 24.2 Å². The number of aldehydes is 1. The Bertz CT molecular complexity index is 1210. The van der Waals surface area contributed by atoms with E-state index in [0.29, 0.717) is 49.1 Å². The maximum absolute atomic E-state index is 11.7. The van der Waals surface area contributed by atoms with Crippen LogP contribution < -0.4 is 4.74 Å². The molecule has 2 saturated heterocycles. The lowest BCUT2D eigenvalue weighted by atomic mass is 9.89. The summed E-state index contributed by atoms with van der Waals surface area (Å²) < 4.78 is 11.9. The summed E-state index contributed by atoms with van der Waals surface area (Å²) in [7, 11) is 0. The fraction of sp³-hybridized carbons (Fsp3) is 0.444. The van der Waals surface area contributed by atoms with E-state index in [1.807, 2.05) is 6.07 Å². The van der Waals surface area contributed by atoms with Gasteiger partial charge in [0.2, 0.25) is 11.8 Å². The number of pyridine rings is 1. The molecule has 1 aromatic carbocycles. The van der Waals surface area contributed by atoms with Crippen LogP contribution in [-0.2, 0) is 14.3 Å². The molecule has 9 nitrogen and oxygen atoms in total. The van der Waals surface area contributed by atoms with Crippen LogP contribution in [0.5, 0.6) is 5.88 Å². The van der Waals surface area contributed by atoms with E-state index in [0.717, 1.165) is 43.5 Å². The molecule has 0 aliphatic carbocycles. The van der Waals surface area contributed by atoms with Crippen LogP contribution in [0, 0.1) is 0 Å². The highest BCUT2D eigenvalue weighted by molar-refractivity contribution is 5.83. The molecule has 1 amide bonds. The lowest BCUT2D eigenvalue weighted by Crippen LogP contribution is -2.46. The maximum atomic E-state index is 11.7. The third kappa shape index (κ3) is 5.52. The minimum atomic E-state index is -0.225. The van der Waals surface area contributed by atoms with Crippen molar-refractivity contribution in [1.29, 1.82) is 0 Å². The second-order valence-corrected chi connectivity index (χ2v) is 9.37. The summed E-state index contributed by atoms with van der Waals surface area (Å²) in [5.74, 6) is 0.946. The number of amides is 1. The SMILES string of the molecule is CC(=O)N1CCO[C@H](COc2nc(-c3ccc(C4CCN(CC=O)CC4)cc3)cc3nccnc23)C1. The van der Waals surface area contributed by atoms with Gasteiger partial charge in [-0.1, -0.05) is 24.3 Å². The Balaban J connectivity index is 1.32. The number of fused-ring (bicyclic) bond motifs is 1. The van der Waals surface area contributed by atoms with Gasteiger partial charge in [0.05, 0.1) is 30.9 Å². The molecule has 5 rings (SSSR count). The molecule has 0 saturated carbocycles. The van der Waals surface area contributed by atoms with Crippen LogP contribution in [0.2, 0.25) is 0 Å². The van der Waals surface area contributed by atoms with E-state index in [4.69, 9.17) is 14.5 Å². The van der Waals surface area contributed by atoms with Gasteiger partial charge in [-0.3, -0.25) is 14.7 Å². The second kappa shape index (κ2) is 11.1. The lowest BCUT2D eigenvalue weighted by molar-refractivity contribution is -0.137. The standard InChI is InChI=1S/C27H31N5O4/c1-19(34)32-13-15-35-23(17-32)18-36-27-26-25(28-8-9-29-26)16-24(30-27)22-4-2-20(3-5-22)21-6-10-31(11-7-21)12-14-33/h2-5,8-9,14,16,21,23H,6-7,10-13,15,17-18H2,1H3/t23-/m0/s1. The Morgan fingerprint density at radius 3 is 2.67 bits per heavy atom. The number of ether oxygens (including phenoxy) is 2. The summed E-state index contributed by atoms with van der Waals surface area (Å²) in [5, 5.41) is 0. The van der Waals surface area contributed by atoms with Crippen LogP contribution in [-0.4, -0.2) is 89.0 Å². The average molecular weight is 490 g/mol. The smallest absolute Gasteiger partial charge is 0.242 e. The number of hydrogen-bond acceptors (Lipinski definition) is 8. The number of morpholine rings is 1. The number of carbonyl (C=O) groups is 2. The summed E-state index contributed by atoms with van der Waals surface area (Å²) in [5.41, 5.74) is 4.36. The normalized spacial score (nSPS) is 19.4. The molecule has 0 spiro atoms. The van der Waals surface area contributed by atoms with Gasteiger partial charge >= 0.3 is 0 Å². The van der Waals surface area contributed by atoms with Gasteiger partial charge in [-0.05, 0) is 43.5 Å². The van der Waals surface area contributed by atoms with Crippen LogP contribution >= 0.6 is 0 Å². The van der Waals surface area contributed by atoms with E-state index in [1.165, 1.54) is 5.56 Å². The number of carbonyl (C=O) groups excluding carboxylic acids is 2. The first kappa shape index (κ1) is 24.3. The van der Waals surface area contributed by atoms with E-state index < -0.39 is 0 Å². The first-order valence-corrected chi connectivity index (χ1v) is 12.5. The molecule has 2 aliphatic rings. The highest BCUT2D eigenvalue weighted by Gasteiger charge is 2.24. The summed E-state index contributed by atoms with van der Waals surface area (Å²) >= 11 is 0. The highest BCUT2D eigenvalue weighted by atomic mass is 16.5. The predicted octanol–water partition coefficient (Wildman–Crippen LogP) is 2.70. The molecule has 1 atom stereocenters. The van der Waals surface area contributed by atoms with Crippen LogP contribution in [0.4, 0.5) is 0 Å². The van der Waals surface area contributed by atoms with E-state index in [2.05, 4.69) is 39.1 Å². The monoisotopic (exact) mass is 489 g/mol. The van der Waals surface area contributed by atoms with Gasteiger partial charge in [-0.25, -0.2) is 9.97 Å². The molecular formula is C27H31N5O4. The Labute approximate surface area is 210 Å². The summed E-state index contributed by atoms with van der Waals surface area (Å²) in [4.78, 5) is 40.2. The molecule has 0 bridgehead atoms. The molecule has 0 unspecified atom stereocenters. The first-order chi connectivity index (χ1) is 17.6. The highest BCUT2D eigenvalue weighted by Crippen LogP contribution is 2.31. The maximum Gasteiger partial charge on any atom is 0.242 e. The molecule has 2 aromatic heterocycles. The Kier molecular flexibility index (Phi) is 7.48. The second-order valence-electron chi connectivity index (χ2n) is 9.37. The summed E-state index contributed by atoms with van der Waals surface area (Å²) in [6.07, 6.45) is 6.15. The van der Waals surface area contributed by atoms with Crippen molar-refractivity contribution in [1.82, 2.24) is 24.8 Å². The Hall–Kier alpha value is -3.43. The number of piperidine rings is 1. The van der Waals surface area contributed by atoms with Gasteiger partial charge in [-0.2, -0.15) is 0 Å². The molecule has 9 heteroatoms. The van der Waals surface area contributed by atoms with Crippen LogP contribution in [0.1, 0.15) is 31.2 Å². The van der Waals surface area contributed by atoms with Crippen molar-refractivity contribution in [3.8, 4) is 17.1 Å². The van der Waals surface area contributed by atoms with E-state index >= 15 is 0 Å². The number of likely N-dealkylation sites (tertiary alicyclic amines) is 1. The van der Waals surface area contributed by atoms with Gasteiger partial charge in [0, 0.05) is 31.4 Å². The average Bonchev–Trinajstić information content (AvgIpc) is 2.92. The fourth-order valence-corrected chi connectivity index (χ4v) is 4.95. The lowest BCUT2D eigenvalue weighted by Gasteiger charge is -2.32. The minimum absolute atomic E-state index is 0.0368. The number of hydrogen-bond donors (Lipinski definition) is 0. The molecule has 2 aliphatic heterocycles. The topological polar surface area (TPSA) is 97.8 Å². The minimum Gasteiger partial charge on any atom is -0.473 e. The van der Waals surface area contributed by atoms with Gasteiger partial charge in [0.15, 0.2) is 5.52 Å². The number of nitrogens with zero attached hydrogens (tertiary/aromatic N) is 5. The quantitative estimate of drug-likeness (QED) is 0.468. The van der Waals surface area contributed by atoms with Gasteiger partial charge < -0.3 is 19.2 Å². The zero-order valence-corrected chi connectivity index (χ0v) is 20.5. The van der Waals surface area contributed by atoms with Crippen molar-refractivity contribution in [2.24, 2.45) is 0 Å². The molecule has 2 fully saturated rings. The summed E-state index contributed by atoms with van der Waals surface area (Å²) in [6.45, 7) is 5.85. The number of benzene rings is 1. The van der Waals surface area contributed by atoms with Crippen molar-refractivity contribution in [3.05, 3.63) is 48.3 Å². The van der Waals surface area contributed by atoms with Crippen molar-refractivity contribution in [2.75, 3.05) is 45.9 Å². The molecule has 0 radical (unpaired) electrons. The predicted molar refractivity (Wildman–Crippen MR) is 135 cm³/mol. The summed E-state index contributed by atoms with van der Waals surface area (Å²) in [6, 6.07) is 10.5. The zero-order valence-electron chi connectivity index (χ0n) is 20.5. The van der Waals surface area contributed by atoms with E-state index in [-0.39, 0.29) is 18.6 Å². The molecule has 0 N–H and O–H groups in total. The van der Waals surface area contributed by atoms with Crippen molar-refractivity contribution >= 4 is 23.2 Å². The van der Waals surface area contributed by atoms with Crippen molar-refractivity contribution < 1.29 is 19.1 Å². The molecular weight excluding hydrogens is 458 g/mol.